The minimum atomic E-state index is 0.720. The molecule has 0 aliphatic rings. The summed E-state index contributed by atoms with van der Waals surface area (Å²) in [6.45, 7) is 8.06. The quantitative estimate of drug-likeness (QED) is 0.702. The van der Waals surface area contributed by atoms with Gasteiger partial charge in [0.2, 0.25) is 0 Å². The van der Waals surface area contributed by atoms with Gasteiger partial charge in [-0.25, -0.2) is 0 Å². The summed E-state index contributed by atoms with van der Waals surface area (Å²) in [5, 5.41) is 3.33. The van der Waals surface area contributed by atoms with Crippen LogP contribution in [0.15, 0.2) is 24.3 Å². The molecule has 1 rings (SSSR count). The maximum absolute atomic E-state index is 5.43. The van der Waals surface area contributed by atoms with Gasteiger partial charge in [0.15, 0.2) is 0 Å². The molecule has 0 heterocycles. The Kier molecular flexibility index (Phi) is 6.48. The molecule has 0 aliphatic carbocycles. The van der Waals surface area contributed by atoms with Crippen molar-refractivity contribution in [3.63, 3.8) is 0 Å². The Labute approximate surface area is 105 Å². The van der Waals surface area contributed by atoms with Crippen molar-refractivity contribution in [3.05, 3.63) is 24.3 Å². The van der Waals surface area contributed by atoms with E-state index >= 15 is 0 Å². The van der Waals surface area contributed by atoms with E-state index in [4.69, 9.17) is 4.74 Å². The lowest BCUT2D eigenvalue weighted by molar-refractivity contribution is 0.340. The Balaban J connectivity index is 2.37. The van der Waals surface area contributed by atoms with Crippen molar-refractivity contribution < 1.29 is 4.74 Å². The third-order valence-corrected chi connectivity index (χ3v) is 2.69. The lowest BCUT2D eigenvalue weighted by Crippen LogP contribution is -2.23. The standard InChI is InChI=1S/C14H24N2O/c1-4-15-11-6-12-16(3)13-7-9-14(10-8-13)17-5-2/h7-10,15H,4-6,11-12H2,1-3H3. The summed E-state index contributed by atoms with van der Waals surface area (Å²) in [6.07, 6.45) is 1.16. The second kappa shape index (κ2) is 7.96. The Morgan fingerprint density at radius 3 is 2.47 bits per heavy atom. The highest BCUT2D eigenvalue weighted by atomic mass is 16.5. The maximum Gasteiger partial charge on any atom is 0.119 e. The summed E-state index contributed by atoms with van der Waals surface area (Å²) in [4.78, 5) is 2.27. The van der Waals surface area contributed by atoms with Crippen LogP contribution in [0.3, 0.4) is 0 Å². The Bertz CT molecular complexity index is 298. The zero-order chi connectivity index (χ0) is 12.5. The second-order valence-electron chi connectivity index (χ2n) is 4.06. The average molecular weight is 236 g/mol. The number of rotatable bonds is 8. The average Bonchev–Trinajstić information content (AvgIpc) is 2.36. The van der Waals surface area contributed by atoms with Gasteiger partial charge in [0.05, 0.1) is 6.61 Å². The van der Waals surface area contributed by atoms with Gasteiger partial charge in [-0.05, 0) is 50.7 Å². The fraction of sp³-hybridized carbons (Fsp3) is 0.571. The number of benzene rings is 1. The molecule has 0 spiro atoms. The largest absolute Gasteiger partial charge is 0.494 e. The highest BCUT2D eigenvalue weighted by molar-refractivity contribution is 5.48. The van der Waals surface area contributed by atoms with Crippen LogP contribution in [0.4, 0.5) is 5.69 Å². The second-order valence-corrected chi connectivity index (χ2v) is 4.06. The van der Waals surface area contributed by atoms with E-state index in [0.29, 0.717) is 0 Å². The number of nitrogens with zero attached hydrogens (tertiary/aromatic N) is 1. The summed E-state index contributed by atoms with van der Waals surface area (Å²) in [7, 11) is 2.13. The molecule has 17 heavy (non-hydrogen) atoms. The van der Waals surface area contributed by atoms with Crippen molar-refractivity contribution in [2.75, 3.05) is 38.2 Å². The van der Waals surface area contributed by atoms with Crippen molar-refractivity contribution in [3.8, 4) is 5.75 Å². The van der Waals surface area contributed by atoms with Crippen molar-refractivity contribution in [2.45, 2.75) is 20.3 Å². The van der Waals surface area contributed by atoms with E-state index in [0.717, 1.165) is 38.4 Å². The van der Waals surface area contributed by atoms with Crippen LogP contribution >= 0.6 is 0 Å². The highest BCUT2D eigenvalue weighted by Gasteiger charge is 2.00. The molecule has 0 aromatic heterocycles. The van der Waals surface area contributed by atoms with Crippen LogP contribution in [0.25, 0.3) is 0 Å². The van der Waals surface area contributed by atoms with Crippen molar-refractivity contribution in [1.82, 2.24) is 5.32 Å². The summed E-state index contributed by atoms with van der Waals surface area (Å²) in [6, 6.07) is 8.27. The van der Waals surface area contributed by atoms with E-state index in [1.54, 1.807) is 0 Å². The lowest BCUT2D eigenvalue weighted by atomic mass is 10.2. The SMILES string of the molecule is CCNCCCN(C)c1ccc(OCC)cc1. The smallest absolute Gasteiger partial charge is 0.119 e. The molecule has 0 radical (unpaired) electrons. The Morgan fingerprint density at radius 1 is 1.18 bits per heavy atom. The molecule has 0 fully saturated rings. The van der Waals surface area contributed by atoms with E-state index in [9.17, 15) is 0 Å². The normalized spacial score (nSPS) is 10.3. The third-order valence-electron chi connectivity index (χ3n) is 2.69. The zero-order valence-corrected chi connectivity index (χ0v) is 11.2. The predicted molar refractivity (Wildman–Crippen MR) is 74.0 cm³/mol. The number of hydrogen-bond acceptors (Lipinski definition) is 3. The topological polar surface area (TPSA) is 24.5 Å². The van der Waals surface area contributed by atoms with E-state index in [1.807, 2.05) is 19.1 Å². The van der Waals surface area contributed by atoms with Crippen LogP contribution in [-0.4, -0.2) is 33.3 Å². The van der Waals surface area contributed by atoms with Gasteiger partial charge in [0.1, 0.15) is 5.75 Å². The molecule has 0 saturated heterocycles. The molecule has 96 valence electrons. The number of nitrogens with one attached hydrogen (secondary N) is 1. The van der Waals surface area contributed by atoms with Gasteiger partial charge in [0.25, 0.3) is 0 Å². The van der Waals surface area contributed by atoms with Crippen LogP contribution in [-0.2, 0) is 0 Å². The fourth-order valence-electron chi connectivity index (χ4n) is 1.71. The molecular weight excluding hydrogens is 212 g/mol. The molecule has 0 bridgehead atoms. The van der Waals surface area contributed by atoms with Gasteiger partial charge >= 0.3 is 0 Å². The van der Waals surface area contributed by atoms with E-state index in [1.165, 1.54) is 5.69 Å². The number of ether oxygens (including phenoxy) is 1. The summed E-state index contributed by atoms with van der Waals surface area (Å²) < 4.78 is 5.43. The summed E-state index contributed by atoms with van der Waals surface area (Å²) >= 11 is 0. The van der Waals surface area contributed by atoms with Gasteiger partial charge in [-0.3, -0.25) is 0 Å². The van der Waals surface area contributed by atoms with E-state index in [-0.39, 0.29) is 0 Å². The first kappa shape index (κ1) is 13.8. The molecule has 0 atom stereocenters. The Morgan fingerprint density at radius 2 is 1.88 bits per heavy atom. The van der Waals surface area contributed by atoms with Gasteiger partial charge < -0.3 is 15.0 Å². The van der Waals surface area contributed by atoms with Gasteiger partial charge in [-0.15, -0.1) is 0 Å². The minimum absolute atomic E-state index is 0.720. The van der Waals surface area contributed by atoms with Gasteiger partial charge in [-0.1, -0.05) is 6.92 Å². The van der Waals surface area contributed by atoms with Crippen LogP contribution < -0.4 is 15.0 Å². The van der Waals surface area contributed by atoms with E-state index < -0.39 is 0 Å². The summed E-state index contributed by atoms with van der Waals surface area (Å²) in [5.41, 5.74) is 1.24. The minimum Gasteiger partial charge on any atom is -0.494 e. The number of anilines is 1. The van der Waals surface area contributed by atoms with Crippen molar-refractivity contribution in [1.29, 1.82) is 0 Å². The molecule has 0 aliphatic heterocycles. The number of hydrogen-bond donors (Lipinski definition) is 1. The first-order chi connectivity index (χ1) is 8.27. The maximum atomic E-state index is 5.43. The van der Waals surface area contributed by atoms with E-state index in [2.05, 4.69) is 36.3 Å². The van der Waals surface area contributed by atoms with Crippen LogP contribution in [0.2, 0.25) is 0 Å². The van der Waals surface area contributed by atoms with Crippen LogP contribution in [0.5, 0.6) is 5.75 Å². The molecule has 0 saturated carbocycles. The molecule has 3 nitrogen and oxygen atoms in total. The highest BCUT2D eigenvalue weighted by Crippen LogP contribution is 2.18. The van der Waals surface area contributed by atoms with Crippen molar-refractivity contribution in [2.24, 2.45) is 0 Å². The molecule has 0 unspecified atom stereocenters. The van der Waals surface area contributed by atoms with Crippen molar-refractivity contribution >= 4 is 5.69 Å². The predicted octanol–water partition coefficient (Wildman–Crippen LogP) is 2.52. The summed E-state index contributed by atoms with van der Waals surface area (Å²) in [5.74, 6) is 0.942. The first-order valence-electron chi connectivity index (χ1n) is 6.42. The van der Waals surface area contributed by atoms with Crippen LogP contribution in [0.1, 0.15) is 20.3 Å². The molecule has 0 amide bonds. The first-order valence-corrected chi connectivity index (χ1v) is 6.42. The monoisotopic (exact) mass is 236 g/mol. The molecular formula is C14H24N2O. The molecule has 3 heteroatoms. The van der Waals surface area contributed by atoms with Gasteiger partial charge in [0, 0.05) is 19.3 Å². The van der Waals surface area contributed by atoms with Crippen LogP contribution in [0, 0.1) is 0 Å². The fourth-order valence-corrected chi connectivity index (χ4v) is 1.71. The van der Waals surface area contributed by atoms with Gasteiger partial charge in [-0.2, -0.15) is 0 Å². The third kappa shape index (κ3) is 5.09. The zero-order valence-electron chi connectivity index (χ0n) is 11.2. The Hall–Kier alpha value is -1.22. The lowest BCUT2D eigenvalue weighted by Gasteiger charge is -2.19. The molecule has 1 N–H and O–H groups in total. The molecule has 1 aromatic carbocycles. The molecule has 1 aromatic rings.